The highest BCUT2D eigenvalue weighted by atomic mass is 32.1. The standard InChI is InChI=1S/C40H23N3OS/c1-3-12-24(13-4-1)35-38-36(42-40(41-35)25-14-5-2-6-15-25)29-18-11-20-32(37(29)44-38)43-30-19-9-7-17-28(30)34-31(43)23-22-27-26-16-8-10-21-33(26)45-39(27)34/h1-23H/i1D,2D,3D,4D,5D,6D,7D,8D,9D,10D,12D,13D,14D,15D,16D,17D,19D,21D,22D,23D. The van der Waals surface area contributed by atoms with Gasteiger partial charge >= 0.3 is 0 Å². The number of para-hydroxylation sites is 2. The van der Waals surface area contributed by atoms with Crippen molar-refractivity contribution in [3.8, 4) is 28.3 Å². The van der Waals surface area contributed by atoms with Crippen LogP contribution in [-0.2, 0) is 0 Å². The number of thiophene rings is 1. The fraction of sp³-hybridized carbons (Fsp3) is 0. The second-order valence-electron chi connectivity index (χ2n) is 9.87. The number of nitrogens with zero attached hydrogens (tertiary/aromatic N) is 3. The van der Waals surface area contributed by atoms with E-state index in [2.05, 4.69) is 9.97 Å². The van der Waals surface area contributed by atoms with Gasteiger partial charge in [-0.2, -0.15) is 0 Å². The van der Waals surface area contributed by atoms with Gasteiger partial charge in [-0.1, -0.05) is 109 Å². The molecule has 0 aliphatic carbocycles. The Morgan fingerprint density at radius 2 is 1.33 bits per heavy atom. The van der Waals surface area contributed by atoms with Crippen LogP contribution in [-0.4, -0.2) is 14.5 Å². The number of hydrogen-bond donors (Lipinski definition) is 0. The first kappa shape index (κ1) is 12.3. The third kappa shape index (κ3) is 3.53. The molecule has 0 fully saturated rings. The molecule has 0 amide bonds. The maximum Gasteiger partial charge on any atom is 0.180 e. The molecular formula is C40H23N3OS. The molecule has 0 aliphatic heterocycles. The van der Waals surface area contributed by atoms with Crippen molar-refractivity contribution >= 4 is 75.4 Å². The van der Waals surface area contributed by atoms with E-state index in [1.807, 2.05) is 0 Å². The molecule has 4 nitrogen and oxygen atoms in total. The van der Waals surface area contributed by atoms with Gasteiger partial charge in [0.15, 0.2) is 17.0 Å². The SMILES string of the molecule is [2H]c1c([2H])c([2H])c(-c2nc(-c3c([2H])c([2H])c([2H])c([2H])c3[2H])c3oc4c(-n5c6c([2H])c([2H])c([2H])c([2H])c6c6c7sc8c([2H])c([2H])c([2H])c([2H])c8c7c([2H])c([2H])c65)cccc4c3n2)c([2H])c1[2H]. The van der Waals surface area contributed by atoms with Crippen molar-refractivity contribution in [3.05, 3.63) is 139 Å². The molecule has 6 aromatic carbocycles. The number of hydrogen-bond acceptors (Lipinski definition) is 4. The summed E-state index contributed by atoms with van der Waals surface area (Å²) in [4.78, 5) is 9.11. The van der Waals surface area contributed by atoms with Gasteiger partial charge < -0.3 is 8.98 Å². The van der Waals surface area contributed by atoms with Gasteiger partial charge in [-0.25, -0.2) is 9.97 Å². The van der Waals surface area contributed by atoms with Crippen molar-refractivity contribution in [3.63, 3.8) is 0 Å². The summed E-state index contributed by atoms with van der Waals surface area (Å²) in [6.07, 6.45) is 0. The van der Waals surface area contributed by atoms with E-state index in [9.17, 15) is 5.48 Å². The van der Waals surface area contributed by atoms with Gasteiger partial charge in [0.2, 0.25) is 0 Å². The predicted octanol–water partition coefficient (Wildman–Crippen LogP) is 11.2. The molecule has 0 saturated carbocycles. The maximum atomic E-state index is 9.52. The van der Waals surface area contributed by atoms with Crippen LogP contribution in [0.3, 0.4) is 0 Å². The molecule has 4 heterocycles. The van der Waals surface area contributed by atoms with E-state index in [1.54, 1.807) is 0 Å². The van der Waals surface area contributed by atoms with Crippen molar-refractivity contribution in [1.29, 1.82) is 0 Å². The fourth-order valence-corrected chi connectivity index (χ4v) is 6.77. The molecule has 0 atom stereocenters. The molecule has 0 N–H and O–H groups in total. The van der Waals surface area contributed by atoms with E-state index >= 15 is 0 Å². The fourth-order valence-electron chi connectivity index (χ4n) is 5.65. The van der Waals surface area contributed by atoms with Crippen molar-refractivity contribution in [1.82, 2.24) is 14.5 Å². The average molecular weight is 614 g/mol. The lowest BCUT2D eigenvalue weighted by Gasteiger charge is -2.08. The largest absolute Gasteiger partial charge is 0.450 e. The quantitative estimate of drug-likeness (QED) is 0.199. The van der Waals surface area contributed by atoms with Gasteiger partial charge in [0, 0.05) is 47.5 Å². The zero-order valence-corrected chi connectivity index (χ0v) is 23.2. The van der Waals surface area contributed by atoms with Crippen LogP contribution in [0.2, 0.25) is 0 Å². The van der Waals surface area contributed by atoms with Crippen LogP contribution < -0.4 is 0 Å². The van der Waals surface area contributed by atoms with E-state index in [-0.39, 0.29) is 69.7 Å². The summed E-state index contributed by atoms with van der Waals surface area (Å²) < 4.78 is 182. The van der Waals surface area contributed by atoms with Gasteiger partial charge in [0.05, 0.1) is 44.1 Å². The Bertz CT molecular complexity index is 3860. The Kier molecular flexibility index (Phi) is 2.56. The van der Waals surface area contributed by atoms with Crippen LogP contribution in [0.4, 0.5) is 0 Å². The normalized spacial score (nSPS) is 18.2. The molecule has 0 bridgehead atoms. The molecule has 10 rings (SSSR count). The van der Waals surface area contributed by atoms with E-state index in [4.69, 9.17) is 26.3 Å². The molecular weight excluding hydrogens is 571 g/mol. The summed E-state index contributed by atoms with van der Waals surface area (Å²) in [6, 6.07) is -8.15. The molecule has 45 heavy (non-hydrogen) atoms. The smallest absolute Gasteiger partial charge is 0.180 e. The predicted molar refractivity (Wildman–Crippen MR) is 187 cm³/mol. The number of benzene rings is 6. The Labute approximate surface area is 289 Å². The van der Waals surface area contributed by atoms with Gasteiger partial charge in [-0.15, -0.1) is 11.3 Å². The van der Waals surface area contributed by atoms with Crippen LogP contribution in [0.1, 0.15) is 27.4 Å². The minimum Gasteiger partial charge on any atom is -0.450 e. The highest BCUT2D eigenvalue weighted by Gasteiger charge is 2.23. The van der Waals surface area contributed by atoms with Crippen LogP contribution in [0.15, 0.2) is 143 Å². The average Bonchev–Trinajstić information content (AvgIpc) is 3.99. The topological polar surface area (TPSA) is 43.9 Å². The van der Waals surface area contributed by atoms with E-state index in [0.29, 0.717) is 0 Å². The molecule has 0 radical (unpaired) electrons. The number of furan rings is 1. The van der Waals surface area contributed by atoms with Crippen LogP contribution >= 0.6 is 11.3 Å². The van der Waals surface area contributed by atoms with E-state index < -0.39 is 143 Å². The van der Waals surface area contributed by atoms with E-state index in [0.717, 1.165) is 11.3 Å². The monoisotopic (exact) mass is 613 g/mol. The van der Waals surface area contributed by atoms with Crippen LogP contribution in [0.5, 0.6) is 0 Å². The minimum atomic E-state index is -0.747. The summed E-state index contributed by atoms with van der Waals surface area (Å²) in [6.45, 7) is 0. The maximum absolute atomic E-state index is 9.52. The Morgan fingerprint density at radius 1 is 0.600 bits per heavy atom. The third-order valence-corrected chi connectivity index (χ3v) is 8.61. The zero-order chi connectivity index (χ0) is 46.9. The first-order valence-electron chi connectivity index (χ1n) is 23.4. The summed E-state index contributed by atoms with van der Waals surface area (Å²) in [7, 11) is 0. The molecule has 0 spiro atoms. The summed E-state index contributed by atoms with van der Waals surface area (Å²) in [5.41, 5.74) is -2.29. The molecule has 5 heteroatoms. The van der Waals surface area contributed by atoms with Gasteiger partial charge in [0.1, 0.15) is 11.2 Å². The summed E-state index contributed by atoms with van der Waals surface area (Å²) in [5.74, 6) is -0.496. The Hall–Kier alpha value is -5.78. The molecule has 4 aromatic heterocycles. The van der Waals surface area contributed by atoms with Gasteiger partial charge in [-0.3, -0.25) is 0 Å². The highest BCUT2D eigenvalue weighted by molar-refractivity contribution is 7.26. The first-order valence-corrected chi connectivity index (χ1v) is 14.2. The number of aromatic nitrogens is 3. The highest BCUT2D eigenvalue weighted by Crippen LogP contribution is 2.45. The Balaban J connectivity index is 1.43. The second kappa shape index (κ2) is 9.36. The Morgan fingerprint density at radius 3 is 2.18 bits per heavy atom. The summed E-state index contributed by atoms with van der Waals surface area (Å²) >= 11 is 0.873. The van der Waals surface area contributed by atoms with E-state index in [1.165, 1.54) is 22.8 Å². The number of rotatable bonds is 3. The second-order valence-corrected chi connectivity index (χ2v) is 10.9. The van der Waals surface area contributed by atoms with Crippen molar-refractivity contribution in [2.24, 2.45) is 0 Å². The molecule has 10 aromatic rings. The molecule has 0 aliphatic rings. The molecule has 0 saturated heterocycles. The zero-order valence-electron chi connectivity index (χ0n) is 42.4. The molecule has 210 valence electrons. The van der Waals surface area contributed by atoms with Crippen LogP contribution in [0, 0.1) is 0 Å². The van der Waals surface area contributed by atoms with Gasteiger partial charge in [-0.05, 0) is 30.3 Å². The lowest BCUT2D eigenvalue weighted by molar-refractivity contribution is 0.665. The summed E-state index contributed by atoms with van der Waals surface area (Å²) in [5, 5.41) is -0.0326. The lowest BCUT2D eigenvalue weighted by Crippen LogP contribution is -1.94. The minimum absolute atomic E-state index is 0.0143. The molecule has 0 unspecified atom stereocenters. The van der Waals surface area contributed by atoms with Gasteiger partial charge in [0.25, 0.3) is 0 Å². The third-order valence-electron chi connectivity index (χ3n) is 7.49. The number of fused-ring (bicyclic) bond motifs is 10. The van der Waals surface area contributed by atoms with Crippen molar-refractivity contribution in [2.75, 3.05) is 0 Å². The van der Waals surface area contributed by atoms with Crippen molar-refractivity contribution < 1.29 is 31.8 Å². The van der Waals surface area contributed by atoms with Crippen molar-refractivity contribution in [2.45, 2.75) is 0 Å². The lowest BCUT2D eigenvalue weighted by atomic mass is 10.1. The first-order chi connectivity index (χ1) is 30.6. The van der Waals surface area contributed by atoms with Crippen LogP contribution in [0.25, 0.3) is 92.4 Å².